The minimum atomic E-state index is -0.0901. The van der Waals surface area contributed by atoms with Gasteiger partial charge < -0.3 is 15.1 Å². The number of rotatable bonds is 5. The number of nitrogens with zero attached hydrogens (tertiary/aromatic N) is 1. The summed E-state index contributed by atoms with van der Waals surface area (Å²) in [6, 6.07) is 7.48. The van der Waals surface area contributed by atoms with Crippen molar-refractivity contribution in [3.8, 4) is 11.5 Å². The number of aromatic nitrogens is 1. The van der Waals surface area contributed by atoms with Gasteiger partial charge in [0, 0.05) is 23.7 Å². The Morgan fingerprint density at radius 3 is 2.81 bits per heavy atom. The Bertz CT molecular complexity index is 598. The van der Waals surface area contributed by atoms with Gasteiger partial charge in [-0.25, -0.2) is 4.98 Å². The number of hydrogen-bond acceptors (Lipinski definition) is 4. The summed E-state index contributed by atoms with van der Waals surface area (Å²) in [4.78, 5) is 16.2. The van der Waals surface area contributed by atoms with Crippen LogP contribution >= 0.6 is 12.4 Å². The first kappa shape index (κ1) is 17.2. The number of anilines is 1. The van der Waals surface area contributed by atoms with Crippen LogP contribution in [0.25, 0.3) is 11.5 Å². The fourth-order valence-corrected chi connectivity index (χ4v) is 1.88. The van der Waals surface area contributed by atoms with Gasteiger partial charge in [0.05, 0.1) is 5.69 Å². The molecule has 6 heteroatoms. The number of amides is 1. The molecule has 1 unspecified atom stereocenters. The van der Waals surface area contributed by atoms with Crippen molar-refractivity contribution in [2.45, 2.75) is 13.8 Å². The molecule has 0 aliphatic heterocycles. The molecule has 0 saturated heterocycles. The third-order valence-electron chi connectivity index (χ3n) is 2.95. The largest absolute Gasteiger partial charge is 0.444 e. The molecule has 1 amide bonds. The summed E-state index contributed by atoms with van der Waals surface area (Å²) in [5.41, 5.74) is 2.42. The predicted molar refractivity (Wildman–Crippen MR) is 85.6 cm³/mol. The molecule has 114 valence electrons. The highest BCUT2D eigenvalue weighted by Gasteiger charge is 2.12. The van der Waals surface area contributed by atoms with E-state index in [1.807, 2.05) is 45.2 Å². The first-order valence-corrected chi connectivity index (χ1v) is 6.58. The van der Waals surface area contributed by atoms with Gasteiger partial charge in [0.2, 0.25) is 11.8 Å². The number of halogens is 1. The first-order chi connectivity index (χ1) is 9.60. The third kappa shape index (κ3) is 4.58. The zero-order valence-electron chi connectivity index (χ0n) is 12.3. The summed E-state index contributed by atoms with van der Waals surface area (Å²) in [5.74, 6) is 0.453. The Kier molecular flexibility index (Phi) is 6.39. The van der Waals surface area contributed by atoms with Crippen molar-refractivity contribution < 1.29 is 9.21 Å². The molecule has 5 nitrogen and oxygen atoms in total. The van der Waals surface area contributed by atoms with Crippen molar-refractivity contribution in [2.24, 2.45) is 5.92 Å². The molecule has 2 rings (SSSR count). The van der Waals surface area contributed by atoms with Crippen molar-refractivity contribution in [1.29, 1.82) is 0 Å². The van der Waals surface area contributed by atoms with Crippen molar-refractivity contribution in [3.63, 3.8) is 0 Å². The van der Waals surface area contributed by atoms with Gasteiger partial charge in [0.1, 0.15) is 6.26 Å². The second-order valence-electron chi connectivity index (χ2n) is 4.82. The first-order valence-electron chi connectivity index (χ1n) is 6.58. The monoisotopic (exact) mass is 309 g/mol. The van der Waals surface area contributed by atoms with Crippen LogP contribution in [-0.4, -0.2) is 24.5 Å². The summed E-state index contributed by atoms with van der Waals surface area (Å²) in [7, 11) is 1.83. The predicted octanol–water partition coefficient (Wildman–Crippen LogP) is 2.87. The van der Waals surface area contributed by atoms with E-state index in [0.29, 0.717) is 12.4 Å². The van der Waals surface area contributed by atoms with E-state index in [1.54, 1.807) is 6.26 Å². The van der Waals surface area contributed by atoms with E-state index in [2.05, 4.69) is 15.6 Å². The summed E-state index contributed by atoms with van der Waals surface area (Å²) >= 11 is 0. The highest BCUT2D eigenvalue weighted by atomic mass is 35.5. The second kappa shape index (κ2) is 7.81. The van der Waals surface area contributed by atoms with Crippen LogP contribution in [0.3, 0.4) is 0 Å². The minimum Gasteiger partial charge on any atom is -0.444 e. The number of oxazole rings is 1. The quantitative estimate of drug-likeness (QED) is 0.891. The van der Waals surface area contributed by atoms with E-state index in [-0.39, 0.29) is 24.2 Å². The molecule has 0 aliphatic rings. The Hall–Kier alpha value is -1.85. The third-order valence-corrected chi connectivity index (χ3v) is 2.95. The van der Waals surface area contributed by atoms with Crippen molar-refractivity contribution >= 4 is 24.0 Å². The number of carbonyl (C=O) groups excluding carboxylic acids is 1. The van der Waals surface area contributed by atoms with Crippen LogP contribution in [0.4, 0.5) is 5.69 Å². The van der Waals surface area contributed by atoms with Crippen LogP contribution in [0.15, 0.2) is 34.9 Å². The number of hydrogen-bond donors (Lipinski definition) is 2. The average molecular weight is 310 g/mol. The highest BCUT2D eigenvalue weighted by Crippen LogP contribution is 2.22. The fourth-order valence-electron chi connectivity index (χ4n) is 1.88. The van der Waals surface area contributed by atoms with Crippen LogP contribution in [0, 0.1) is 12.8 Å². The lowest BCUT2D eigenvalue weighted by atomic mass is 10.1. The van der Waals surface area contributed by atoms with Crippen molar-refractivity contribution in [2.75, 3.05) is 18.9 Å². The number of benzene rings is 1. The van der Waals surface area contributed by atoms with Crippen LogP contribution in [0.2, 0.25) is 0 Å². The molecule has 0 saturated carbocycles. The van der Waals surface area contributed by atoms with Crippen molar-refractivity contribution in [1.82, 2.24) is 10.3 Å². The normalized spacial score (nSPS) is 11.6. The number of nitrogens with one attached hydrogen (secondary N) is 2. The minimum absolute atomic E-state index is 0. The van der Waals surface area contributed by atoms with E-state index in [0.717, 1.165) is 16.9 Å². The molecule has 1 aromatic carbocycles. The van der Waals surface area contributed by atoms with Gasteiger partial charge in [-0.15, -0.1) is 12.4 Å². The van der Waals surface area contributed by atoms with E-state index >= 15 is 0 Å². The second-order valence-corrected chi connectivity index (χ2v) is 4.82. The summed E-state index contributed by atoms with van der Waals surface area (Å²) in [6.45, 7) is 4.40. The van der Waals surface area contributed by atoms with Crippen LogP contribution in [-0.2, 0) is 4.79 Å². The van der Waals surface area contributed by atoms with E-state index < -0.39 is 0 Å². The topological polar surface area (TPSA) is 67.2 Å². The zero-order valence-corrected chi connectivity index (χ0v) is 13.2. The Balaban J connectivity index is 0.00000220. The van der Waals surface area contributed by atoms with Gasteiger partial charge in [-0.05, 0) is 32.2 Å². The molecule has 2 aromatic rings. The number of carbonyl (C=O) groups is 1. The smallest absolute Gasteiger partial charge is 0.228 e. The zero-order chi connectivity index (χ0) is 14.5. The van der Waals surface area contributed by atoms with Gasteiger partial charge >= 0.3 is 0 Å². The SMILES string of the molecule is CNCC(C)C(=O)Nc1cccc(-c2nc(C)co2)c1.Cl. The molecule has 0 radical (unpaired) electrons. The molecule has 2 N–H and O–H groups in total. The lowest BCUT2D eigenvalue weighted by molar-refractivity contribution is -0.119. The summed E-state index contributed by atoms with van der Waals surface area (Å²) in [5, 5.41) is 5.88. The van der Waals surface area contributed by atoms with Crippen molar-refractivity contribution in [3.05, 3.63) is 36.2 Å². The molecular formula is C15H20ClN3O2. The summed E-state index contributed by atoms with van der Waals surface area (Å²) in [6.07, 6.45) is 1.61. The fraction of sp³-hybridized carbons (Fsp3) is 0.333. The van der Waals surface area contributed by atoms with Gasteiger partial charge in [-0.3, -0.25) is 4.79 Å². The maximum Gasteiger partial charge on any atom is 0.228 e. The molecule has 0 spiro atoms. The van der Waals surface area contributed by atoms with E-state index in [9.17, 15) is 4.79 Å². The highest BCUT2D eigenvalue weighted by molar-refractivity contribution is 5.93. The van der Waals surface area contributed by atoms with Gasteiger partial charge in [0.15, 0.2) is 0 Å². The maximum atomic E-state index is 12.0. The number of aryl methyl sites for hydroxylation is 1. The molecule has 21 heavy (non-hydrogen) atoms. The molecule has 1 atom stereocenters. The van der Waals surface area contributed by atoms with Crippen LogP contribution in [0.1, 0.15) is 12.6 Å². The molecule has 1 aromatic heterocycles. The van der Waals surface area contributed by atoms with E-state index in [1.165, 1.54) is 0 Å². The standard InChI is InChI=1S/C15H19N3O2.ClH/c1-10(8-16-3)14(19)18-13-6-4-5-12(7-13)15-17-11(2)9-20-15;/h4-7,9-10,16H,8H2,1-3H3,(H,18,19);1H. The lowest BCUT2D eigenvalue weighted by Crippen LogP contribution is -2.28. The van der Waals surface area contributed by atoms with Crippen LogP contribution < -0.4 is 10.6 Å². The average Bonchev–Trinajstić information content (AvgIpc) is 2.86. The Morgan fingerprint density at radius 1 is 1.43 bits per heavy atom. The molecule has 0 bridgehead atoms. The molecule has 0 fully saturated rings. The summed E-state index contributed by atoms with van der Waals surface area (Å²) < 4.78 is 5.36. The lowest BCUT2D eigenvalue weighted by Gasteiger charge is -2.11. The Morgan fingerprint density at radius 2 is 2.19 bits per heavy atom. The Labute approximate surface area is 130 Å². The van der Waals surface area contributed by atoms with Crippen LogP contribution in [0.5, 0.6) is 0 Å². The molecular weight excluding hydrogens is 290 g/mol. The van der Waals surface area contributed by atoms with Gasteiger partial charge in [-0.2, -0.15) is 0 Å². The molecule has 0 aliphatic carbocycles. The molecule has 1 heterocycles. The van der Waals surface area contributed by atoms with Gasteiger partial charge in [-0.1, -0.05) is 13.0 Å². The maximum absolute atomic E-state index is 12.0. The van der Waals surface area contributed by atoms with Gasteiger partial charge in [0.25, 0.3) is 0 Å². The van der Waals surface area contributed by atoms with E-state index in [4.69, 9.17) is 4.42 Å².